The monoisotopic (exact) mass is 336 g/mol. The fourth-order valence-corrected chi connectivity index (χ4v) is 2.68. The van der Waals surface area contributed by atoms with Crippen molar-refractivity contribution in [3.05, 3.63) is 45.4 Å². The van der Waals surface area contributed by atoms with E-state index in [1.807, 2.05) is 0 Å². The van der Waals surface area contributed by atoms with E-state index in [1.54, 1.807) is 18.6 Å². The number of benzene rings is 1. The Morgan fingerprint density at radius 1 is 1.22 bits per heavy atom. The number of carbonyl (C=O) groups excluding carboxylic acids is 1. The Bertz CT molecular complexity index is 714. The van der Waals surface area contributed by atoms with E-state index >= 15 is 0 Å². The van der Waals surface area contributed by atoms with Crippen molar-refractivity contribution in [2.45, 2.75) is 13.2 Å². The highest BCUT2D eigenvalue weighted by molar-refractivity contribution is 7.09. The van der Waals surface area contributed by atoms with Gasteiger partial charge in [0, 0.05) is 25.3 Å². The lowest BCUT2D eigenvalue weighted by Crippen LogP contribution is -2.13. The van der Waals surface area contributed by atoms with Crippen LogP contribution in [0.1, 0.15) is 31.4 Å². The number of carbonyl (C=O) groups is 2. The molecule has 0 spiro atoms. The maximum atomic E-state index is 12.2. The summed E-state index contributed by atoms with van der Waals surface area (Å²) in [6.07, 6.45) is 0. The van der Waals surface area contributed by atoms with Gasteiger partial charge in [-0.3, -0.25) is 4.79 Å². The Labute approximate surface area is 136 Å². The van der Waals surface area contributed by atoms with Crippen LogP contribution in [-0.2, 0) is 22.7 Å². The fourth-order valence-electron chi connectivity index (χ4n) is 1.94. The maximum Gasteiger partial charge on any atom is 0.335 e. The SMILES string of the molecule is COCc1cc(NC(=O)c2csc(COC)n2)cc(C(=O)O)c1. The van der Waals surface area contributed by atoms with Gasteiger partial charge in [-0.15, -0.1) is 11.3 Å². The fraction of sp³-hybridized carbons (Fsp3) is 0.267. The number of nitrogens with zero attached hydrogens (tertiary/aromatic N) is 1. The minimum absolute atomic E-state index is 0.0770. The molecule has 2 rings (SSSR count). The van der Waals surface area contributed by atoms with Gasteiger partial charge in [0.2, 0.25) is 0 Å². The third kappa shape index (κ3) is 4.59. The number of amides is 1. The largest absolute Gasteiger partial charge is 0.478 e. The van der Waals surface area contributed by atoms with Gasteiger partial charge in [-0.25, -0.2) is 9.78 Å². The lowest BCUT2D eigenvalue weighted by molar-refractivity contribution is 0.0696. The molecular weight excluding hydrogens is 320 g/mol. The van der Waals surface area contributed by atoms with Crippen molar-refractivity contribution < 1.29 is 24.2 Å². The Kier molecular flexibility index (Phi) is 5.80. The quantitative estimate of drug-likeness (QED) is 0.805. The van der Waals surface area contributed by atoms with E-state index < -0.39 is 11.9 Å². The van der Waals surface area contributed by atoms with E-state index in [4.69, 9.17) is 14.6 Å². The average Bonchev–Trinajstić information content (AvgIpc) is 2.96. The molecule has 7 nitrogen and oxygen atoms in total. The second kappa shape index (κ2) is 7.82. The molecule has 2 aromatic rings. The molecular formula is C15H16N2O5S. The molecule has 0 fully saturated rings. The lowest BCUT2D eigenvalue weighted by Gasteiger charge is -2.08. The highest BCUT2D eigenvalue weighted by Crippen LogP contribution is 2.18. The van der Waals surface area contributed by atoms with Gasteiger partial charge in [-0.1, -0.05) is 0 Å². The number of methoxy groups -OCH3 is 2. The van der Waals surface area contributed by atoms with Crippen LogP contribution >= 0.6 is 11.3 Å². The molecule has 8 heteroatoms. The third-order valence-corrected chi connectivity index (χ3v) is 3.68. The van der Waals surface area contributed by atoms with Gasteiger partial charge in [0.25, 0.3) is 5.91 Å². The zero-order valence-electron chi connectivity index (χ0n) is 12.7. The zero-order chi connectivity index (χ0) is 16.8. The topological polar surface area (TPSA) is 97.8 Å². The normalized spacial score (nSPS) is 10.5. The van der Waals surface area contributed by atoms with Crippen molar-refractivity contribution >= 4 is 28.9 Å². The first-order chi connectivity index (χ1) is 11.0. The Balaban J connectivity index is 2.20. The van der Waals surface area contributed by atoms with Crippen LogP contribution in [-0.4, -0.2) is 36.2 Å². The van der Waals surface area contributed by atoms with Gasteiger partial charge in [-0.2, -0.15) is 0 Å². The summed E-state index contributed by atoms with van der Waals surface area (Å²) >= 11 is 1.32. The zero-order valence-corrected chi connectivity index (χ0v) is 13.5. The summed E-state index contributed by atoms with van der Waals surface area (Å²) in [4.78, 5) is 27.5. The summed E-state index contributed by atoms with van der Waals surface area (Å²) in [5.74, 6) is -1.48. The molecule has 122 valence electrons. The van der Waals surface area contributed by atoms with Crippen LogP contribution < -0.4 is 5.32 Å². The van der Waals surface area contributed by atoms with Gasteiger partial charge >= 0.3 is 5.97 Å². The van der Waals surface area contributed by atoms with Crippen LogP contribution in [0.15, 0.2) is 23.6 Å². The summed E-state index contributed by atoms with van der Waals surface area (Å²) in [5.41, 5.74) is 1.37. The van der Waals surface area contributed by atoms with E-state index in [0.717, 1.165) is 0 Å². The number of nitrogens with one attached hydrogen (secondary N) is 1. The van der Waals surface area contributed by atoms with Crippen LogP contribution in [0.5, 0.6) is 0 Å². The van der Waals surface area contributed by atoms with Gasteiger partial charge in [0.1, 0.15) is 10.7 Å². The molecule has 0 aliphatic heterocycles. The summed E-state index contributed by atoms with van der Waals surface area (Å²) < 4.78 is 9.97. The molecule has 0 bridgehead atoms. The molecule has 0 unspecified atom stereocenters. The van der Waals surface area contributed by atoms with Crippen molar-refractivity contribution in [3.63, 3.8) is 0 Å². The number of anilines is 1. The predicted molar refractivity (Wildman–Crippen MR) is 84.9 cm³/mol. The highest BCUT2D eigenvalue weighted by atomic mass is 32.1. The molecule has 1 aromatic heterocycles. The number of hydrogen-bond donors (Lipinski definition) is 2. The third-order valence-electron chi connectivity index (χ3n) is 2.86. The van der Waals surface area contributed by atoms with Crippen molar-refractivity contribution in [2.75, 3.05) is 19.5 Å². The van der Waals surface area contributed by atoms with Crippen LogP contribution in [0.25, 0.3) is 0 Å². The molecule has 1 amide bonds. The number of carboxylic acids is 1. The molecule has 0 saturated heterocycles. The average molecular weight is 336 g/mol. The minimum Gasteiger partial charge on any atom is -0.478 e. The predicted octanol–water partition coefficient (Wildman–Crippen LogP) is 2.39. The minimum atomic E-state index is -1.07. The Morgan fingerprint density at radius 3 is 2.61 bits per heavy atom. The maximum absolute atomic E-state index is 12.2. The molecule has 0 aliphatic rings. The van der Waals surface area contributed by atoms with Crippen molar-refractivity contribution in [2.24, 2.45) is 0 Å². The van der Waals surface area contributed by atoms with Crippen LogP contribution in [0.4, 0.5) is 5.69 Å². The summed E-state index contributed by atoms with van der Waals surface area (Å²) in [6, 6.07) is 4.55. The first-order valence-electron chi connectivity index (χ1n) is 6.64. The molecule has 1 heterocycles. The van der Waals surface area contributed by atoms with Crippen molar-refractivity contribution in [1.82, 2.24) is 4.98 Å². The number of rotatable bonds is 7. The molecule has 0 atom stereocenters. The summed E-state index contributed by atoms with van der Waals surface area (Å²) in [6.45, 7) is 0.586. The number of hydrogen-bond acceptors (Lipinski definition) is 6. The second-order valence-electron chi connectivity index (χ2n) is 4.67. The van der Waals surface area contributed by atoms with E-state index in [-0.39, 0.29) is 17.9 Å². The van der Waals surface area contributed by atoms with Gasteiger partial charge in [0.15, 0.2) is 0 Å². The Hall–Kier alpha value is -2.29. The Morgan fingerprint density at radius 2 is 1.96 bits per heavy atom. The molecule has 2 N–H and O–H groups in total. The molecule has 1 aromatic carbocycles. The van der Waals surface area contributed by atoms with Gasteiger partial charge in [-0.05, 0) is 23.8 Å². The molecule has 0 saturated carbocycles. The lowest BCUT2D eigenvalue weighted by atomic mass is 10.1. The first kappa shape index (κ1) is 17.1. The number of aromatic nitrogens is 1. The number of thiazole rings is 1. The molecule has 0 radical (unpaired) electrons. The standard InChI is InChI=1S/C15H16N2O5S/c1-21-6-9-3-10(15(19)20)5-11(4-9)16-14(18)12-8-23-13(17-12)7-22-2/h3-5,8H,6-7H2,1-2H3,(H,16,18)(H,19,20). The number of ether oxygens (including phenoxy) is 2. The van der Waals surface area contributed by atoms with Crippen molar-refractivity contribution in [1.29, 1.82) is 0 Å². The first-order valence-corrected chi connectivity index (χ1v) is 7.52. The number of aromatic carboxylic acids is 1. The van der Waals surface area contributed by atoms with Crippen LogP contribution in [0.3, 0.4) is 0 Å². The smallest absolute Gasteiger partial charge is 0.335 e. The van der Waals surface area contributed by atoms with E-state index in [2.05, 4.69) is 10.3 Å². The summed E-state index contributed by atoms with van der Waals surface area (Å²) in [7, 11) is 3.06. The van der Waals surface area contributed by atoms with Gasteiger partial charge < -0.3 is 19.9 Å². The van der Waals surface area contributed by atoms with Gasteiger partial charge in [0.05, 0.1) is 18.8 Å². The van der Waals surface area contributed by atoms with Crippen LogP contribution in [0.2, 0.25) is 0 Å². The van der Waals surface area contributed by atoms with E-state index in [9.17, 15) is 9.59 Å². The summed E-state index contributed by atoms with van der Waals surface area (Å²) in [5, 5.41) is 14.1. The number of carboxylic acid groups (broad SMARTS) is 1. The van der Waals surface area contributed by atoms with E-state index in [0.29, 0.717) is 22.9 Å². The van der Waals surface area contributed by atoms with E-state index in [1.165, 1.54) is 30.6 Å². The van der Waals surface area contributed by atoms with Crippen LogP contribution in [0, 0.1) is 0 Å². The second-order valence-corrected chi connectivity index (χ2v) is 5.61. The molecule has 0 aliphatic carbocycles. The van der Waals surface area contributed by atoms with Crippen molar-refractivity contribution in [3.8, 4) is 0 Å². The highest BCUT2D eigenvalue weighted by Gasteiger charge is 2.13. The molecule has 23 heavy (non-hydrogen) atoms.